The molecule has 98 valence electrons. The van der Waals surface area contributed by atoms with E-state index in [9.17, 15) is 9.18 Å². The molecule has 0 fully saturated rings. The number of hydrogen-bond donors (Lipinski definition) is 0. The number of rotatable bonds is 3. The molecule has 0 N–H and O–H groups in total. The van der Waals surface area contributed by atoms with E-state index in [4.69, 9.17) is 11.6 Å². The van der Waals surface area contributed by atoms with E-state index in [1.54, 1.807) is 18.3 Å². The smallest absolute Gasteiger partial charge is 0.339 e. The predicted octanol–water partition coefficient (Wildman–Crippen LogP) is 3.25. The number of carbonyl (C=O) groups is 1. The van der Waals surface area contributed by atoms with Gasteiger partial charge < -0.3 is 4.74 Å². The number of hydrogen-bond acceptors (Lipinski definition) is 3. The second kappa shape index (κ2) is 5.80. The SMILES string of the molecule is COC(=O)c1cccnc1Cc1cc(F)ccc1Cl. The first kappa shape index (κ1) is 13.5. The normalized spacial score (nSPS) is 10.3. The first-order valence-electron chi connectivity index (χ1n) is 5.58. The molecule has 0 aliphatic carbocycles. The molecule has 1 aromatic heterocycles. The van der Waals surface area contributed by atoms with Crippen LogP contribution in [0, 0.1) is 5.82 Å². The molecule has 0 spiro atoms. The number of esters is 1. The largest absolute Gasteiger partial charge is 0.465 e. The monoisotopic (exact) mass is 279 g/mol. The maximum atomic E-state index is 13.2. The van der Waals surface area contributed by atoms with E-state index in [0.29, 0.717) is 21.8 Å². The highest BCUT2D eigenvalue weighted by Gasteiger charge is 2.14. The van der Waals surface area contributed by atoms with Gasteiger partial charge in [-0.1, -0.05) is 11.6 Å². The van der Waals surface area contributed by atoms with Crippen LogP contribution in [0.4, 0.5) is 4.39 Å². The Kier molecular flexibility index (Phi) is 4.12. The number of benzene rings is 1. The molecule has 0 amide bonds. The fourth-order valence-electron chi connectivity index (χ4n) is 1.73. The van der Waals surface area contributed by atoms with Crippen molar-refractivity contribution in [3.8, 4) is 0 Å². The molecule has 0 saturated heterocycles. The van der Waals surface area contributed by atoms with Crippen molar-refractivity contribution >= 4 is 17.6 Å². The van der Waals surface area contributed by atoms with Gasteiger partial charge in [-0.3, -0.25) is 4.98 Å². The molecule has 5 heteroatoms. The molecule has 0 atom stereocenters. The second-order valence-corrected chi connectivity index (χ2v) is 4.31. The van der Waals surface area contributed by atoms with Crippen molar-refractivity contribution in [3.05, 3.63) is 64.2 Å². The van der Waals surface area contributed by atoms with Gasteiger partial charge in [-0.25, -0.2) is 9.18 Å². The quantitative estimate of drug-likeness (QED) is 0.810. The predicted molar refractivity (Wildman–Crippen MR) is 69.8 cm³/mol. The van der Waals surface area contributed by atoms with Gasteiger partial charge in [0.25, 0.3) is 0 Å². The van der Waals surface area contributed by atoms with Gasteiger partial charge >= 0.3 is 5.97 Å². The summed E-state index contributed by atoms with van der Waals surface area (Å²) in [4.78, 5) is 15.7. The molecular weight excluding hydrogens is 269 g/mol. The Morgan fingerprint density at radius 1 is 1.42 bits per heavy atom. The number of ether oxygens (including phenoxy) is 1. The Bertz CT molecular complexity index is 616. The van der Waals surface area contributed by atoms with Crippen LogP contribution in [-0.4, -0.2) is 18.1 Å². The van der Waals surface area contributed by atoms with Crippen molar-refractivity contribution in [2.24, 2.45) is 0 Å². The number of methoxy groups -OCH3 is 1. The third kappa shape index (κ3) is 3.09. The highest BCUT2D eigenvalue weighted by molar-refractivity contribution is 6.31. The molecule has 1 aromatic carbocycles. The zero-order valence-corrected chi connectivity index (χ0v) is 10.9. The summed E-state index contributed by atoms with van der Waals surface area (Å²) in [5, 5.41) is 0.433. The maximum Gasteiger partial charge on any atom is 0.339 e. The van der Waals surface area contributed by atoms with Gasteiger partial charge in [0.15, 0.2) is 0 Å². The zero-order chi connectivity index (χ0) is 13.8. The summed E-state index contributed by atoms with van der Waals surface area (Å²) in [5.41, 5.74) is 1.43. The summed E-state index contributed by atoms with van der Waals surface area (Å²) in [7, 11) is 1.30. The van der Waals surface area contributed by atoms with Gasteiger partial charge in [-0.05, 0) is 35.9 Å². The molecular formula is C14H11ClFNO2. The fourth-order valence-corrected chi connectivity index (χ4v) is 1.92. The summed E-state index contributed by atoms with van der Waals surface area (Å²) >= 11 is 6.00. The molecule has 0 radical (unpaired) electrons. The minimum atomic E-state index is -0.476. The Balaban J connectivity index is 2.38. The minimum absolute atomic E-state index is 0.266. The Hall–Kier alpha value is -1.94. The van der Waals surface area contributed by atoms with Crippen LogP contribution in [0.3, 0.4) is 0 Å². The lowest BCUT2D eigenvalue weighted by Crippen LogP contribution is -2.08. The zero-order valence-electron chi connectivity index (χ0n) is 10.2. The van der Waals surface area contributed by atoms with Crippen molar-refractivity contribution in [3.63, 3.8) is 0 Å². The third-order valence-electron chi connectivity index (χ3n) is 2.66. The number of nitrogens with zero attached hydrogens (tertiary/aromatic N) is 1. The highest BCUT2D eigenvalue weighted by Crippen LogP contribution is 2.21. The van der Waals surface area contributed by atoms with Gasteiger partial charge in [-0.15, -0.1) is 0 Å². The van der Waals surface area contributed by atoms with Gasteiger partial charge in [0.05, 0.1) is 18.4 Å². The van der Waals surface area contributed by atoms with Crippen LogP contribution >= 0.6 is 11.6 Å². The van der Waals surface area contributed by atoms with Gasteiger partial charge in [0.1, 0.15) is 5.82 Å². The first-order chi connectivity index (χ1) is 9.11. The lowest BCUT2D eigenvalue weighted by molar-refractivity contribution is 0.0599. The molecule has 0 bridgehead atoms. The molecule has 2 rings (SSSR count). The van der Waals surface area contributed by atoms with Crippen molar-refractivity contribution in [2.75, 3.05) is 7.11 Å². The topological polar surface area (TPSA) is 39.2 Å². The van der Waals surface area contributed by atoms with E-state index in [-0.39, 0.29) is 12.2 Å². The number of carbonyl (C=O) groups excluding carboxylic acids is 1. The average Bonchev–Trinajstić information content (AvgIpc) is 2.42. The van der Waals surface area contributed by atoms with E-state index in [1.165, 1.54) is 25.3 Å². The minimum Gasteiger partial charge on any atom is -0.465 e. The number of pyridine rings is 1. The molecule has 19 heavy (non-hydrogen) atoms. The summed E-state index contributed by atoms with van der Waals surface area (Å²) in [5.74, 6) is -0.856. The van der Waals surface area contributed by atoms with Crippen molar-refractivity contribution < 1.29 is 13.9 Å². The van der Waals surface area contributed by atoms with Crippen LogP contribution in [0.2, 0.25) is 5.02 Å². The van der Waals surface area contributed by atoms with Gasteiger partial charge in [-0.2, -0.15) is 0 Å². The molecule has 3 nitrogen and oxygen atoms in total. The second-order valence-electron chi connectivity index (χ2n) is 3.90. The van der Waals surface area contributed by atoms with Crippen LogP contribution in [0.15, 0.2) is 36.5 Å². The summed E-state index contributed by atoms with van der Waals surface area (Å²) in [6, 6.07) is 7.35. The van der Waals surface area contributed by atoms with Crippen molar-refractivity contribution in [2.45, 2.75) is 6.42 Å². The number of aromatic nitrogens is 1. The Labute approximate surface area is 115 Å². The Morgan fingerprint density at radius 2 is 2.21 bits per heavy atom. The van der Waals surface area contributed by atoms with Crippen LogP contribution in [0.25, 0.3) is 0 Å². The van der Waals surface area contributed by atoms with Gasteiger partial charge in [0.2, 0.25) is 0 Å². The Morgan fingerprint density at radius 3 is 2.95 bits per heavy atom. The van der Waals surface area contributed by atoms with E-state index in [0.717, 1.165) is 0 Å². The molecule has 0 aliphatic heterocycles. The van der Waals surface area contributed by atoms with Crippen LogP contribution in [0.5, 0.6) is 0 Å². The van der Waals surface area contributed by atoms with Crippen LogP contribution in [-0.2, 0) is 11.2 Å². The average molecular weight is 280 g/mol. The maximum absolute atomic E-state index is 13.2. The van der Waals surface area contributed by atoms with Crippen molar-refractivity contribution in [1.82, 2.24) is 4.98 Å². The van der Waals surface area contributed by atoms with Crippen molar-refractivity contribution in [1.29, 1.82) is 0 Å². The highest BCUT2D eigenvalue weighted by atomic mass is 35.5. The van der Waals surface area contributed by atoms with E-state index < -0.39 is 5.97 Å². The summed E-state index contributed by atoms with van der Waals surface area (Å²) < 4.78 is 17.9. The van der Waals surface area contributed by atoms with E-state index in [2.05, 4.69) is 9.72 Å². The standard InChI is InChI=1S/C14H11ClFNO2/c1-19-14(18)11-3-2-6-17-13(11)8-9-7-10(16)4-5-12(9)15/h2-7H,8H2,1H3. The first-order valence-corrected chi connectivity index (χ1v) is 5.95. The molecule has 0 unspecified atom stereocenters. The summed E-state index contributed by atoms with van der Waals surface area (Å²) in [6.45, 7) is 0. The molecule has 1 heterocycles. The fraction of sp³-hybridized carbons (Fsp3) is 0.143. The molecule has 0 saturated carbocycles. The van der Waals surface area contributed by atoms with Crippen LogP contribution in [0.1, 0.15) is 21.6 Å². The van der Waals surface area contributed by atoms with E-state index in [1.807, 2.05) is 0 Å². The number of halogens is 2. The molecule has 2 aromatic rings. The molecule has 0 aliphatic rings. The lowest BCUT2D eigenvalue weighted by Gasteiger charge is -2.08. The van der Waals surface area contributed by atoms with Crippen LogP contribution < -0.4 is 0 Å². The lowest BCUT2D eigenvalue weighted by atomic mass is 10.0. The van der Waals surface area contributed by atoms with E-state index >= 15 is 0 Å². The summed E-state index contributed by atoms with van der Waals surface area (Å²) in [6.07, 6.45) is 1.83. The van der Waals surface area contributed by atoms with Gasteiger partial charge in [0, 0.05) is 17.6 Å². The third-order valence-corrected chi connectivity index (χ3v) is 3.03.